The summed E-state index contributed by atoms with van der Waals surface area (Å²) in [5, 5.41) is 9.95. The summed E-state index contributed by atoms with van der Waals surface area (Å²) in [5.74, 6) is 0.905. The van der Waals surface area contributed by atoms with E-state index >= 15 is 0 Å². The molecule has 2 aliphatic heterocycles. The second-order valence-corrected chi connectivity index (χ2v) is 8.30. The SMILES string of the molecule is Cc1ccc(-c2nc(CN3CCC[C@@H](C(=O)N[C@@H]4CCCCNC4=O)C3)no2)cc1. The van der Waals surface area contributed by atoms with Crippen molar-refractivity contribution in [2.24, 2.45) is 5.92 Å². The maximum Gasteiger partial charge on any atom is 0.257 e. The van der Waals surface area contributed by atoms with E-state index in [1.807, 2.05) is 31.2 Å². The first-order valence-electron chi connectivity index (χ1n) is 10.8. The summed E-state index contributed by atoms with van der Waals surface area (Å²) in [5.41, 5.74) is 2.08. The second kappa shape index (κ2) is 9.38. The lowest BCUT2D eigenvalue weighted by atomic mass is 9.96. The molecule has 2 fully saturated rings. The minimum absolute atomic E-state index is 0.0322. The van der Waals surface area contributed by atoms with Crippen molar-refractivity contribution < 1.29 is 14.1 Å². The monoisotopic (exact) mass is 411 g/mol. The van der Waals surface area contributed by atoms with Crippen LogP contribution in [0.5, 0.6) is 0 Å². The highest BCUT2D eigenvalue weighted by atomic mass is 16.5. The third-order valence-electron chi connectivity index (χ3n) is 5.86. The highest BCUT2D eigenvalue weighted by molar-refractivity contribution is 5.88. The van der Waals surface area contributed by atoms with Crippen molar-refractivity contribution in [1.82, 2.24) is 25.7 Å². The summed E-state index contributed by atoms with van der Waals surface area (Å²) in [6.45, 7) is 4.80. The molecule has 30 heavy (non-hydrogen) atoms. The first kappa shape index (κ1) is 20.5. The fourth-order valence-corrected chi connectivity index (χ4v) is 4.11. The lowest BCUT2D eigenvalue weighted by Gasteiger charge is -2.31. The third-order valence-corrected chi connectivity index (χ3v) is 5.86. The number of aromatic nitrogens is 2. The van der Waals surface area contributed by atoms with Crippen molar-refractivity contribution in [3.63, 3.8) is 0 Å². The average Bonchev–Trinajstić information content (AvgIpc) is 3.12. The number of amides is 2. The molecule has 2 aliphatic rings. The minimum Gasteiger partial charge on any atom is -0.354 e. The Balaban J connectivity index is 1.33. The number of nitrogens with one attached hydrogen (secondary N) is 2. The second-order valence-electron chi connectivity index (χ2n) is 8.30. The first-order valence-corrected chi connectivity index (χ1v) is 10.8. The highest BCUT2D eigenvalue weighted by Gasteiger charge is 2.30. The first-order chi connectivity index (χ1) is 14.6. The van der Waals surface area contributed by atoms with Gasteiger partial charge in [-0.25, -0.2) is 0 Å². The number of nitrogens with zero attached hydrogens (tertiary/aromatic N) is 3. The summed E-state index contributed by atoms with van der Waals surface area (Å²) in [6, 6.07) is 7.56. The molecule has 0 bridgehead atoms. The van der Waals surface area contributed by atoms with Gasteiger partial charge in [0.2, 0.25) is 11.8 Å². The van der Waals surface area contributed by atoms with E-state index in [1.165, 1.54) is 5.56 Å². The van der Waals surface area contributed by atoms with E-state index in [0.717, 1.165) is 37.8 Å². The molecule has 1 aromatic carbocycles. The average molecular weight is 412 g/mol. The Morgan fingerprint density at radius 3 is 2.90 bits per heavy atom. The molecule has 2 N–H and O–H groups in total. The summed E-state index contributed by atoms with van der Waals surface area (Å²) in [6.07, 6.45) is 4.38. The van der Waals surface area contributed by atoms with E-state index in [-0.39, 0.29) is 17.7 Å². The molecule has 0 aliphatic carbocycles. The zero-order valence-corrected chi connectivity index (χ0v) is 17.4. The summed E-state index contributed by atoms with van der Waals surface area (Å²) < 4.78 is 5.42. The van der Waals surface area contributed by atoms with E-state index in [2.05, 4.69) is 25.7 Å². The molecule has 0 saturated carbocycles. The predicted molar refractivity (Wildman–Crippen MR) is 111 cm³/mol. The van der Waals surface area contributed by atoms with E-state index in [0.29, 0.717) is 37.8 Å². The maximum absolute atomic E-state index is 12.8. The van der Waals surface area contributed by atoms with Crippen LogP contribution < -0.4 is 10.6 Å². The number of carbonyl (C=O) groups excluding carboxylic acids is 2. The van der Waals surface area contributed by atoms with Gasteiger partial charge >= 0.3 is 0 Å². The smallest absolute Gasteiger partial charge is 0.257 e. The van der Waals surface area contributed by atoms with Gasteiger partial charge in [0.15, 0.2) is 5.82 Å². The van der Waals surface area contributed by atoms with Crippen LogP contribution in [0.15, 0.2) is 28.8 Å². The molecular formula is C22H29N5O3. The van der Waals surface area contributed by atoms with Gasteiger partial charge in [-0.3, -0.25) is 14.5 Å². The van der Waals surface area contributed by atoms with Crippen molar-refractivity contribution in [1.29, 1.82) is 0 Å². The van der Waals surface area contributed by atoms with Gasteiger partial charge in [-0.2, -0.15) is 4.98 Å². The molecule has 2 amide bonds. The van der Waals surface area contributed by atoms with Crippen LogP contribution in [-0.2, 0) is 16.1 Å². The Morgan fingerprint density at radius 2 is 2.07 bits per heavy atom. The van der Waals surface area contributed by atoms with Crippen LogP contribution in [-0.4, -0.2) is 52.5 Å². The Kier molecular flexibility index (Phi) is 6.42. The van der Waals surface area contributed by atoms with Crippen molar-refractivity contribution in [2.75, 3.05) is 19.6 Å². The zero-order valence-electron chi connectivity index (χ0n) is 17.4. The molecule has 8 nitrogen and oxygen atoms in total. The lowest BCUT2D eigenvalue weighted by Crippen LogP contribution is -2.50. The Bertz CT molecular complexity index is 879. The lowest BCUT2D eigenvalue weighted by molar-refractivity contribution is -0.132. The van der Waals surface area contributed by atoms with E-state index in [4.69, 9.17) is 4.52 Å². The van der Waals surface area contributed by atoms with Crippen LogP contribution in [0.25, 0.3) is 11.5 Å². The fourth-order valence-electron chi connectivity index (χ4n) is 4.11. The molecule has 8 heteroatoms. The molecule has 0 radical (unpaired) electrons. The largest absolute Gasteiger partial charge is 0.354 e. The quantitative estimate of drug-likeness (QED) is 0.781. The van der Waals surface area contributed by atoms with E-state index in [9.17, 15) is 9.59 Å². The number of carbonyl (C=O) groups is 2. The van der Waals surface area contributed by atoms with Gasteiger partial charge in [-0.05, 0) is 57.7 Å². The number of hydrogen-bond acceptors (Lipinski definition) is 6. The summed E-state index contributed by atoms with van der Waals surface area (Å²) in [4.78, 5) is 31.6. The zero-order chi connectivity index (χ0) is 20.9. The van der Waals surface area contributed by atoms with Crippen molar-refractivity contribution in [3.8, 4) is 11.5 Å². The van der Waals surface area contributed by atoms with Crippen LogP contribution >= 0.6 is 0 Å². The molecular weight excluding hydrogens is 382 g/mol. The number of rotatable bonds is 5. The Hall–Kier alpha value is -2.74. The van der Waals surface area contributed by atoms with Gasteiger partial charge in [0.05, 0.1) is 12.5 Å². The summed E-state index contributed by atoms with van der Waals surface area (Å²) in [7, 11) is 0. The van der Waals surface area contributed by atoms with Gasteiger partial charge in [0, 0.05) is 18.7 Å². The van der Waals surface area contributed by atoms with E-state index in [1.54, 1.807) is 0 Å². The van der Waals surface area contributed by atoms with Gasteiger partial charge < -0.3 is 15.2 Å². The number of likely N-dealkylation sites (tertiary alicyclic amines) is 1. The maximum atomic E-state index is 12.8. The number of piperidine rings is 1. The highest BCUT2D eigenvalue weighted by Crippen LogP contribution is 2.21. The van der Waals surface area contributed by atoms with Crippen molar-refractivity contribution in [3.05, 3.63) is 35.7 Å². The third kappa shape index (κ3) is 5.05. The molecule has 4 rings (SSSR count). The van der Waals surface area contributed by atoms with Crippen LogP contribution in [0, 0.1) is 12.8 Å². The van der Waals surface area contributed by atoms with E-state index < -0.39 is 6.04 Å². The number of benzene rings is 1. The Morgan fingerprint density at radius 1 is 1.23 bits per heavy atom. The molecule has 2 aromatic rings. The van der Waals surface area contributed by atoms with Gasteiger partial charge in [-0.1, -0.05) is 22.9 Å². The van der Waals surface area contributed by atoms with Gasteiger partial charge in [0.25, 0.3) is 5.89 Å². The number of hydrogen-bond donors (Lipinski definition) is 2. The number of aryl methyl sites for hydroxylation is 1. The molecule has 0 unspecified atom stereocenters. The Labute approximate surface area is 176 Å². The van der Waals surface area contributed by atoms with Crippen LogP contribution in [0.1, 0.15) is 43.5 Å². The normalized spacial score (nSPS) is 22.9. The molecule has 1 aromatic heterocycles. The van der Waals surface area contributed by atoms with Gasteiger partial charge in [-0.15, -0.1) is 0 Å². The standard InChI is InChI=1S/C22H29N5O3/c1-15-7-9-16(10-8-15)22-25-19(26-30-22)14-27-12-4-5-17(13-27)20(28)24-18-6-2-3-11-23-21(18)29/h7-10,17-18H,2-6,11-14H2,1H3,(H,23,29)(H,24,28)/t17-,18-/m1/s1. The van der Waals surface area contributed by atoms with Crippen molar-refractivity contribution in [2.45, 2.75) is 51.6 Å². The molecule has 2 saturated heterocycles. The molecule has 160 valence electrons. The molecule has 0 spiro atoms. The predicted octanol–water partition coefficient (Wildman–Crippen LogP) is 2.04. The van der Waals surface area contributed by atoms with Gasteiger partial charge in [0.1, 0.15) is 6.04 Å². The van der Waals surface area contributed by atoms with Crippen LogP contribution in [0.4, 0.5) is 0 Å². The minimum atomic E-state index is -0.412. The van der Waals surface area contributed by atoms with Crippen molar-refractivity contribution >= 4 is 11.8 Å². The molecule has 3 heterocycles. The summed E-state index contributed by atoms with van der Waals surface area (Å²) >= 11 is 0. The molecule has 2 atom stereocenters. The topological polar surface area (TPSA) is 100 Å². The van der Waals surface area contributed by atoms with Crippen LogP contribution in [0.3, 0.4) is 0 Å². The fraction of sp³-hybridized carbons (Fsp3) is 0.545. The van der Waals surface area contributed by atoms with Crippen LogP contribution in [0.2, 0.25) is 0 Å².